The van der Waals surface area contributed by atoms with Crippen molar-refractivity contribution in [3.8, 4) is 11.5 Å². The van der Waals surface area contributed by atoms with Crippen molar-refractivity contribution in [3.05, 3.63) is 57.5 Å². The number of nitrogens with one attached hydrogen (secondary N) is 1. The van der Waals surface area contributed by atoms with Gasteiger partial charge in [0.15, 0.2) is 11.5 Å². The standard InChI is InChI=1S/C22H26N2O4/c1-3-28-21-10-15-16-9-14(25)5-6-18(16)24-19(17(15)11-20(21)27-2)8-13-4-7-22(26)23-12-13/h4,7,10-12,14,16,18,25H,3,5-6,8-9H2,1-2H3,(H,23,26)/t14-,16-,18-/m1/s1. The van der Waals surface area contributed by atoms with E-state index in [0.29, 0.717) is 25.2 Å². The Kier molecular flexibility index (Phi) is 5.22. The van der Waals surface area contributed by atoms with Gasteiger partial charge in [-0.05, 0) is 49.4 Å². The highest BCUT2D eigenvalue weighted by atomic mass is 16.5. The molecule has 1 saturated carbocycles. The molecule has 0 unspecified atom stereocenters. The van der Waals surface area contributed by atoms with Crippen LogP contribution in [-0.4, -0.2) is 41.7 Å². The van der Waals surface area contributed by atoms with E-state index in [0.717, 1.165) is 35.4 Å². The van der Waals surface area contributed by atoms with Crippen molar-refractivity contribution in [2.75, 3.05) is 13.7 Å². The molecule has 0 amide bonds. The zero-order valence-electron chi connectivity index (χ0n) is 16.3. The molecule has 2 aliphatic rings. The first kappa shape index (κ1) is 18.7. The third kappa shape index (κ3) is 3.56. The molecule has 3 atom stereocenters. The van der Waals surface area contributed by atoms with Crippen molar-refractivity contribution in [2.24, 2.45) is 4.99 Å². The number of aromatic amines is 1. The number of rotatable bonds is 5. The van der Waals surface area contributed by atoms with Gasteiger partial charge >= 0.3 is 0 Å². The van der Waals surface area contributed by atoms with Gasteiger partial charge in [0.05, 0.1) is 25.9 Å². The van der Waals surface area contributed by atoms with Crippen molar-refractivity contribution in [1.82, 2.24) is 4.98 Å². The van der Waals surface area contributed by atoms with Crippen molar-refractivity contribution < 1.29 is 14.6 Å². The number of benzene rings is 1. The first-order chi connectivity index (χ1) is 13.6. The van der Waals surface area contributed by atoms with Crippen molar-refractivity contribution in [1.29, 1.82) is 0 Å². The van der Waals surface area contributed by atoms with E-state index < -0.39 is 0 Å². The second-order valence-electron chi connectivity index (χ2n) is 7.48. The van der Waals surface area contributed by atoms with Crippen LogP contribution in [0, 0.1) is 0 Å². The maximum Gasteiger partial charge on any atom is 0.247 e. The molecular weight excluding hydrogens is 356 g/mol. The predicted octanol–water partition coefficient (Wildman–Crippen LogP) is 2.82. The molecule has 2 aromatic rings. The third-order valence-corrected chi connectivity index (χ3v) is 5.67. The molecule has 0 spiro atoms. The number of H-pyrrole nitrogens is 1. The minimum atomic E-state index is -0.289. The number of nitrogens with zero attached hydrogens (tertiary/aromatic N) is 1. The number of hydrogen-bond acceptors (Lipinski definition) is 5. The number of ether oxygens (including phenoxy) is 2. The van der Waals surface area contributed by atoms with Gasteiger partial charge in [-0.25, -0.2) is 0 Å². The number of aliphatic imine (C=N–C) groups is 1. The fourth-order valence-electron chi connectivity index (χ4n) is 4.34. The molecule has 4 rings (SSSR count). The van der Waals surface area contributed by atoms with Crippen LogP contribution in [0.1, 0.15) is 48.8 Å². The summed E-state index contributed by atoms with van der Waals surface area (Å²) in [5.41, 5.74) is 4.09. The van der Waals surface area contributed by atoms with E-state index in [2.05, 4.69) is 11.1 Å². The number of aliphatic hydroxyl groups excluding tert-OH is 1. The fourth-order valence-corrected chi connectivity index (χ4v) is 4.34. The summed E-state index contributed by atoms with van der Waals surface area (Å²) in [4.78, 5) is 19.2. The van der Waals surface area contributed by atoms with Crippen LogP contribution in [0.5, 0.6) is 11.5 Å². The van der Waals surface area contributed by atoms with Crippen LogP contribution < -0.4 is 15.0 Å². The van der Waals surface area contributed by atoms with E-state index in [1.807, 2.05) is 19.1 Å². The molecule has 28 heavy (non-hydrogen) atoms. The van der Waals surface area contributed by atoms with E-state index in [4.69, 9.17) is 14.5 Å². The summed E-state index contributed by atoms with van der Waals surface area (Å²) in [6.07, 6.45) is 4.45. The fraction of sp³-hybridized carbons (Fsp3) is 0.455. The molecule has 148 valence electrons. The first-order valence-electron chi connectivity index (χ1n) is 9.86. The number of aromatic nitrogens is 1. The van der Waals surface area contributed by atoms with Gasteiger partial charge in [-0.1, -0.05) is 6.07 Å². The second kappa shape index (κ2) is 7.80. The number of fused-ring (bicyclic) bond motifs is 3. The van der Waals surface area contributed by atoms with Crippen LogP contribution in [0.25, 0.3) is 0 Å². The Morgan fingerprint density at radius 3 is 2.82 bits per heavy atom. The Labute approximate surface area is 164 Å². The molecule has 0 bridgehead atoms. The summed E-state index contributed by atoms with van der Waals surface area (Å²) in [7, 11) is 1.64. The molecule has 1 aliphatic heterocycles. The van der Waals surface area contributed by atoms with E-state index in [-0.39, 0.29) is 23.6 Å². The summed E-state index contributed by atoms with van der Waals surface area (Å²) >= 11 is 0. The first-order valence-corrected chi connectivity index (χ1v) is 9.86. The SMILES string of the molecule is CCOc1cc2c(cc1OC)C(Cc1ccc(=O)[nH]c1)=N[C@@H]1CC[C@@H](O)C[C@H]21. The molecule has 6 heteroatoms. The Morgan fingerprint density at radius 2 is 2.11 bits per heavy atom. The Balaban J connectivity index is 1.79. The third-order valence-electron chi connectivity index (χ3n) is 5.67. The van der Waals surface area contributed by atoms with Gasteiger partial charge in [-0.3, -0.25) is 9.79 Å². The van der Waals surface area contributed by atoms with Crippen molar-refractivity contribution in [2.45, 2.75) is 50.7 Å². The number of aliphatic hydroxyl groups is 1. The van der Waals surface area contributed by atoms with Crippen molar-refractivity contribution in [3.63, 3.8) is 0 Å². The number of pyridine rings is 1. The summed E-state index contributed by atoms with van der Waals surface area (Å²) < 4.78 is 11.4. The Bertz CT molecular complexity index is 930. The minimum Gasteiger partial charge on any atom is -0.493 e. The van der Waals surface area contributed by atoms with Crippen LogP contribution in [0.15, 0.2) is 40.2 Å². The summed E-state index contributed by atoms with van der Waals surface area (Å²) in [5.74, 6) is 1.60. The summed E-state index contributed by atoms with van der Waals surface area (Å²) in [5, 5.41) is 10.2. The molecular formula is C22H26N2O4. The molecule has 1 aromatic heterocycles. The largest absolute Gasteiger partial charge is 0.493 e. The van der Waals surface area contributed by atoms with Crippen LogP contribution in [0.4, 0.5) is 0 Å². The molecule has 0 saturated heterocycles. The molecule has 0 radical (unpaired) electrons. The average Bonchev–Trinajstić information content (AvgIpc) is 2.70. The summed E-state index contributed by atoms with van der Waals surface area (Å²) in [6.45, 7) is 2.51. The van der Waals surface area contributed by atoms with E-state index in [1.165, 1.54) is 11.6 Å². The lowest BCUT2D eigenvalue weighted by atomic mass is 9.74. The van der Waals surface area contributed by atoms with Gasteiger partial charge < -0.3 is 19.6 Å². The molecule has 2 N–H and O–H groups in total. The van der Waals surface area contributed by atoms with Crippen LogP contribution in [0.3, 0.4) is 0 Å². The monoisotopic (exact) mass is 382 g/mol. The number of hydrogen-bond donors (Lipinski definition) is 2. The van der Waals surface area contributed by atoms with E-state index in [1.54, 1.807) is 13.3 Å². The van der Waals surface area contributed by atoms with E-state index in [9.17, 15) is 9.90 Å². The lowest BCUT2D eigenvalue weighted by molar-refractivity contribution is 0.111. The highest BCUT2D eigenvalue weighted by molar-refractivity contribution is 6.04. The minimum absolute atomic E-state index is 0.112. The maximum atomic E-state index is 11.4. The van der Waals surface area contributed by atoms with Crippen molar-refractivity contribution >= 4 is 5.71 Å². The Hall–Kier alpha value is -2.60. The molecule has 1 aromatic carbocycles. The molecule has 2 heterocycles. The predicted molar refractivity (Wildman–Crippen MR) is 108 cm³/mol. The Morgan fingerprint density at radius 1 is 1.25 bits per heavy atom. The maximum absolute atomic E-state index is 11.4. The summed E-state index contributed by atoms with van der Waals surface area (Å²) in [6, 6.07) is 7.61. The molecule has 6 nitrogen and oxygen atoms in total. The highest BCUT2D eigenvalue weighted by Crippen LogP contribution is 2.44. The van der Waals surface area contributed by atoms with Gasteiger partial charge in [0.1, 0.15) is 0 Å². The van der Waals surface area contributed by atoms with E-state index >= 15 is 0 Å². The molecule has 1 fully saturated rings. The van der Waals surface area contributed by atoms with Gasteiger partial charge in [0, 0.05) is 35.9 Å². The number of methoxy groups -OCH3 is 1. The van der Waals surface area contributed by atoms with Crippen LogP contribution in [0.2, 0.25) is 0 Å². The van der Waals surface area contributed by atoms with Gasteiger partial charge in [0.25, 0.3) is 0 Å². The normalized spacial score (nSPS) is 23.4. The smallest absolute Gasteiger partial charge is 0.247 e. The second-order valence-corrected chi connectivity index (χ2v) is 7.48. The topological polar surface area (TPSA) is 83.9 Å². The van der Waals surface area contributed by atoms with Crippen LogP contribution in [-0.2, 0) is 6.42 Å². The highest BCUT2D eigenvalue weighted by Gasteiger charge is 2.36. The lowest BCUT2D eigenvalue weighted by Gasteiger charge is -2.37. The van der Waals surface area contributed by atoms with Crippen LogP contribution >= 0.6 is 0 Å². The lowest BCUT2D eigenvalue weighted by Crippen LogP contribution is -2.34. The van der Waals surface area contributed by atoms with Gasteiger partial charge in [-0.15, -0.1) is 0 Å². The van der Waals surface area contributed by atoms with Gasteiger partial charge in [-0.2, -0.15) is 0 Å². The van der Waals surface area contributed by atoms with Gasteiger partial charge in [0.2, 0.25) is 5.56 Å². The zero-order valence-corrected chi connectivity index (χ0v) is 16.3. The quantitative estimate of drug-likeness (QED) is 0.833. The molecule has 1 aliphatic carbocycles. The average molecular weight is 382 g/mol. The zero-order chi connectivity index (χ0) is 19.7.